The number of imide groups is 2. The Kier molecular flexibility index (Phi) is 8.10. The van der Waals surface area contributed by atoms with Crippen molar-refractivity contribution < 1.29 is 23.9 Å². The van der Waals surface area contributed by atoms with Crippen LogP contribution in [0.5, 0.6) is 11.5 Å². The van der Waals surface area contributed by atoms with Crippen molar-refractivity contribution in [2.24, 2.45) is 0 Å². The van der Waals surface area contributed by atoms with E-state index >= 15 is 0 Å². The quantitative estimate of drug-likeness (QED) is 0.109. The third kappa shape index (κ3) is 5.64. The Morgan fingerprint density at radius 1 is 0.773 bits per heavy atom. The molecule has 0 atom stereocenters. The molecule has 4 amide bonds. The molecule has 44 heavy (non-hydrogen) atoms. The number of carbonyl (C=O) groups excluding carboxylic acids is 3. The number of aryl methyl sites for hydroxylation is 1. The lowest BCUT2D eigenvalue weighted by molar-refractivity contribution is -0.122. The highest BCUT2D eigenvalue weighted by Crippen LogP contribution is 2.33. The number of ether oxygens (including phenoxy) is 2. The lowest BCUT2D eigenvalue weighted by atomic mass is 9.99. The van der Waals surface area contributed by atoms with Crippen LogP contribution in [-0.4, -0.2) is 24.5 Å². The van der Waals surface area contributed by atoms with E-state index in [9.17, 15) is 14.4 Å². The first-order valence-corrected chi connectivity index (χ1v) is 14.7. The highest BCUT2D eigenvalue weighted by Gasteiger charge is 2.37. The van der Waals surface area contributed by atoms with Gasteiger partial charge in [0.05, 0.1) is 12.3 Å². The molecule has 0 unspecified atom stereocenters. The van der Waals surface area contributed by atoms with Crippen molar-refractivity contribution in [3.05, 3.63) is 119 Å². The predicted octanol–water partition coefficient (Wildman–Crippen LogP) is 7.73. The normalized spacial score (nSPS) is 14.4. The van der Waals surface area contributed by atoms with E-state index in [-0.39, 0.29) is 5.57 Å². The predicted molar refractivity (Wildman–Crippen MR) is 173 cm³/mol. The van der Waals surface area contributed by atoms with E-state index in [0.29, 0.717) is 36.0 Å². The molecule has 0 radical (unpaired) electrons. The van der Waals surface area contributed by atoms with Gasteiger partial charge in [0.1, 0.15) is 23.7 Å². The van der Waals surface area contributed by atoms with Crippen molar-refractivity contribution in [3.8, 4) is 11.5 Å². The number of nitrogens with one attached hydrogen (secondary N) is 1. The number of anilines is 1. The summed E-state index contributed by atoms with van der Waals surface area (Å²) in [6.07, 6.45) is 3.45. The molecular weight excluding hydrogens is 552 g/mol. The molecule has 1 aliphatic rings. The van der Waals surface area contributed by atoms with Gasteiger partial charge in [-0.2, -0.15) is 0 Å². The smallest absolute Gasteiger partial charge is 0.335 e. The minimum absolute atomic E-state index is 0.171. The van der Waals surface area contributed by atoms with Crippen molar-refractivity contribution in [1.29, 1.82) is 0 Å². The topological polar surface area (TPSA) is 84.9 Å². The van der Waals surface area contributed by atoms with Gasteiger partial charge in [0.2, 0.25) is 0 Å². The van der Waals surface area contributed by atoms with Crippen LogP contribution in [0, 0.1) is 6.92 Å². The van der Waals surface area contributed by atoms with E-state index in [1.165, 1.54) is 6.08 Å². The van der Waals surface area contributed by atoms with Gasteiger partial charge in [0.15, 0.2) is 0 Å². The van der Waals surface area contributed by atoms with Crippen molar-refractivity contribution in [3.63, 3.8) is 0 Å². The molecule has 5 aromatic rings. The highest BCUT2D eigenvalue weighted by atomic mass is 16.5. The van der Waals surface area contributed by atoms with Gasteiger partial charge in [-0.3, -0.25) is 14.9 Å². The molecule has 5 aromatic carbocycles. The number of urea groups is 1. The van der Waals surface area contributed by atoms with Crippen molar-refractivity contribution in [2.45, 2.75) is 33.3 Å². The van der Waals surface area contributed by atoms with Gasteiger partial charge in [-0.1, -0.05) is 80.1 Å². The van der Waals surface area contributed by atoms with E-state index in [1.807, 2.05) is 48.5 Å². The molecular formula is C37H32N2O5. The van der Waals surface area contributed by atoms with Crippen molar-refractivity contribution in [2.75, 3.05) is 11.5 Å². The number of carbonyl (C=O) groups is 3. The number of nitrogens with zero attached hydrogens (tertiary/aromatic N) is 1. The van der Waals surface area contributed by atoms with Gasteiger partial charge in [-0.05, 0) is 76.9 Å². The van der Waals surface area contributed by atoms with Gasteiger partial charge in [-0.25, -0.2) is 9.69 Å². The number of hydrogen-bond donors (Lipinski definition) is 1. The molecule has 0 aliphatic carbocycles. The van der Waals surface area contributed by atoms with Crippen molar-refractivity contribution in [1.82, 2.24) is 5.32 Å². The molecule has 1 heterocycles. The maximum absolute atomic E-state index is 13.8. The molecule has 0 bridgehead atoms. The Hall–Kier alpha value is -5.43. The standard InChI is InChI=1S/C37H32N2O5/c1-3-4-21-43-28-18-16-27(17-19-28)39-36(41)32(35(40)38-37(39)42)22-31-29-11-7-5-10-26(29)15-20-34(31)44-23-33-24(2)13-14-25-9-6-8-12-30(25)33/h5-20,22H,3-4,21,23H2,1-2H3,(H,38,40,42)/b32-22-. The average Bonchev–Trinajstić information content (AvgIpc) is 3.03. The van der Waals surface area contributed by atoms with Crippen LogP contribution in [0.15, 0.2) is 103 Å². The Bertz CT molecular complexity index is 1930. The second-order valence-electron chi connectivity index (χ2n) is 10.7. The fourth-order valence-corrected chi connectivity index (χ4v) is 5.40. The summed E-state index contributed by atoms with van der Waals surface area (Å²) in [5, 5.41) is 6.28. The van der Waals surface area contributed by atoms with Gasteiger partial charge in [0, 0.05) is 11.1 Å². The summed E-state index contributed by atoms with van der Waals surface area (Å²) in [5.74, 6) is -0.333. The minimum atomic E-state index is -0.808. The van der Waals surface area contributed by atoms with Crippen LogP contribution in [0.4, 0.5) is 10.5 Å². The molecule has 1 aliphatic heterocycles. The van der Waals surface area contributed by atoms with Crippen LogP contribution < -0.4 is 19.7 Å². The molecule has 7 nitrogen and oxygen atoms in total. The Morgan fingerprint density at radius 2 is 1.45 bits per heavy atom. The van der Waals surface area contributed by atoms with Crippen LogP contribution in [0.2, 0.25) is 0 Å². The largest absolute Gasteiger partial charge is 0.494 e. The zero-order valence-electron chi connectivity index (χ0n) is 24.6. The zero-order valence-corrected chi connectivity index (χ0v) is 24.6. The van der Waals surface area contributed by atoms with Crippen LogP contribution in [0.25, 0.3) is 27.6 Å². The Labute approximate surface area is 255 Å². The van der Waals surface area contributed by atoms with Crippen molar-refractivity contribution >= 4 is 51.2 Å². The van der Waals surface area contributed by atoms with Gasteiger partial charge >= 0.3 is 6.03 Å². The maximum Gasteiger partial charge on any atom is 0.335 e. The third-order valence-electron chi connectivity index (χ3n) is 7.83. The number of benzene rings is 5. The first kappa shape index (κ1) is 28.7. The fourth-order valence-electron chi connectivity index (χ4n) is 5.40. The number of hydrogen-bond acceptors (Lipinski definition) is 5. The maximum atomic E-state index is 13.8. The van der Waals surface area contributed by atoms with Gasteiger partial charge < -0.3 is 9.47 Å². The third-order valence-corrected chi connectivity index (χ3v) is 7.83. The minimum Gasteiger partial charge on any atom is -0.494 e. The number of amides is 4. The first-order valence-electron chi connectivity index (χ1n) is 14.7. The number of rotatable bonds is 9. The summed E-state index contributed by atoms with van der Waals surface area (Å²) in [5.41, 5.74) is 2.89. The van der Waals surface area contributed by atoms with Crippen LogP contribution in [0.1, 0.15) is 36.5 Å². The Balaban J connectivity index is 1.36. The fraction of sp³-hybridized carbons (Fsp3) is 0.162. The van der Waals surface area contributed by atoms with Gasteiger partial charge in [0.25, 0.3) is 11.8 Å². The van der Waals surface area contributed by atoms with Gasteiger partial charge in [-0.15, -0.1) is 0 Å². The zero-order chi connectivity index (χ0) is 30.6. The molecule has 7 heteroatoms. The first-order chi connectivity index (χ1) is 21.4. The monoisotopic (exact) mass is 584 g/mol. The molecule has 220 valence electrons. The highest BCUT2D eigenvalue weighted by molar-refractivity contribution is 6.39. The van der Waals surface area contributed by atoms with E-state index in [1.54, 1.807) is 24.3 Å². The van der Waals surface area contributed by atoms with E-state index in [2.05, 4.69) is 43.4 Å². The summed E-state index contributed by atoms with van der Waals surface area (Å²) in [7, 11) is 0. The second-order valence-corrected chi connectivity index (χ2v) is 10.7. The summed E-state index contributed by atoms with van der Waals surface area (Å²) in [6, 6.07) is 29.7. The number of barbiturate groups is 1. The molecule has 6 rings (SSSR count). The second kappa shape index (κ2) is 12.4. The number of fused-ring (bicyclic) bond motifs is 2. The molecule has 1 fully saturated rings. The number of unbranched alkanes of at least 4 members (excludes halogenated alkanes) is 1. The summed E-state index contributed by atoms with van der Waals surface area (Å²) >= 11 is 0. The molecule has 0 saturated carbocycles. The van der Waals surface area contributed by atoms with Crippen LogP contribution in [-0.2, 0) is 16.2 Å². The summed E-state index contributed by atoms with van der Waals surface area (Å²) in [4.78, 5) is 40.7. The van der Waals surface area contributed by atoms with E-state index in [4.69, 9.17) is 9.47 Å². The summed E-state index contributed by atoms with van der Waals surface area (Å²) in [6.45, 7) is 5.00. The van der Waals surface area contributed by atoms with Crippen LogP contribution in [0.3, 0.4) is 0 Å². The molecule has 0 aromatic heterocycles. The van der Waals surface area contributed by atoms with Crippen LogP contribution >= 0.6 is 0 Å². The molecule has 1 saturated heterocycles. The summed E-state index contributed by atoms with van der Waals surface area (Å²) < 4.78 is 12.2. The molecule has 0 spiro atoms. The lowest BCUT2D eigenvalue weighted by Gasteiger charge is -2.26. The van der Waals surface area contributed by atoms with E-state index in [0.717, 1.165) is 50.4 Å². The molecule has 1 N–H and O–H groups in total. The average molecular weight is 585 g/mol. The van der Waals surface area contributed by atoms with E-state index < -0.39 is 17.8 Å². The lowest BCUT2D eigenvalue weighted by Crippen LogP contribution is -2.54. The SMILES string of the molecule is CCCCOc1ccc(N2C(=O)NC(=O)/C(=C/c3c(OCc4c(C)ccc5ccccc45)ccc4ccccc34)C2=O)cc1. The Morgan fingerprint density at radius 3 is 2.20 bits per heavy atom.